The van der Waals surface area contributed by atoms with Crippen LogP contribution in [0.15, 0.2) is 24.3 Å². The lowest BCUT2D eigenvalue weighted by molar-refractivity contribution is -0.127. The molecule has 3 nitrogen and oxygen atoms in total. The summed E-state index contributed by atoms with van der Waals surface area (Å²) in [5.41, 5.74) is 0. The van der Waals surface area contributed by atoms with E-state index in [4.69, 9.17) is 4.74 Å². The van der Waals surface area contributed by atoms with Crippen molar-refractivity contribution in [2.75, 3.05) is 0 Å². The lowest BCUT2D eigenvalue weighted by Gasteiger charge is -2.31. The van der Waals surface area contributed by atoms with Gasteiger partial charge in [-0.15, -0.1) is 0 Å². The van der Waals surface area contributed by atoms with Crippen LogP contribution in [-0.2, 0) is 4.79 Å². The first kappa shape index (κ1) is 16.3. The first-order chi connectivity index (χ1) is 11.2. The fraction of sp³-hybridized carbons (Fsp3) is 0.632. The number of halogens is 1. The van der Waals surface area contributed by atoms with E-state index in [1.165, 1.54) is 31.4 Å². The van der Waals surface area contributed by atoms with Crippen LogP contribution in [0.3, 0.4) is 0 Å². The van der Waals surface area contributed by atoms with Crippen LogP contribution in [0.1, 0.15) is 57.8 Å². The molecular weight excluding hydrogens is 293 g/mol. The minimum absolute atomic E-state index is 0.00709. The summed E-state index contributed by atoms with van der Waals surface area (Å²) < 4.78 is 19.1. The van der Waals surface area contributed by atoms with Crippen molar-refractivity contribution in [1.82, 2.24) is 5.32 Å². The van der Waals surface area contributed by atoms with Crippen LogP contribution in [-0.4, -0.2) is 18.1 Å². The summed E-state index contributed by atoms with van der Waals surface area (Å²) in [5, 5.41) is 3.23. The first-order valence-corrected chi connectivity index (χ1v) is 8.93. The van der Waals surface area contributed by atoms with Gasteiger partial charge in [-0.25, -0.2) is 4.39 Å². The number of rotatable bonds is 4. The molecule has 1 N–H and O–H groups in total. The van der Waals surface area contributed by atoms with Crippen molar-refractivity contribution >= 4 is 5.91 Å². The molecule has 2 aliphatic rings. The van der Waals surface area contributed by atoms with Crippen molar-refractivity contribution < 1.29 is 13.9 Å². The van der Waals surface area contributed by atoms with Crippen molar-refractivity contribution in [3.8, 4) is 5.75 Å². The van der Waals surface area contributed by atoms with Crippen LogP contribution in [0.25, 0.3) is 0 Å². The molecule has 1 amide bonds. The quantitative estimate of drug-likeness (QED) is 0.902. The Morgan fingerprint density at radius 3 is 2.70 bits per heavy atom. The SMILES string of the molecule is O=C(NC1CCCCC1)C1CCCC(Oc2cccc(F)c2)C1. The van der Waals surface area contributed by atoms with Gasteiger partial charge >= 0.3 is 0 Å². The zero-order valence-corrected chi connectivity index (χ0v) is 13.6. The number of hydrogen-bond donors (Lipinski definition) is 1. The Kier molecular flexibility index (Phi) is 5.52. The minimum atomic E-state index is -0.287. The Morgan fingerprint density at radius 1 is 1.09 bits per heavy atom. The van der Waals surface area contributed by atoms with Gasteiger partial charge in [-0.3, -0.25) is 4.79 Å². The molecule has 2 fully saturated rings. The van der Waals surface area contributed by atoms with Crippen LogP contribution in [0.2, 0.25) is 0 Å². The van der Waals surface area contributed by atoms with Gasteiger partial charge < -0.3 is 10.1 Å². The molecule has 2 atom stereocenters. The molecule has 3 rings (SSSR count). The van der Waals surface area contributed by atoms with E-state index in [1.807, 2.05) is 0 Å². The van der Waals surface area contributed by atoms with Gasteiger partial charge in [0.15, 0.2) is 0 Å². The fourth-order valence-electron chi connectivity index (χ4n) is 3.79. The molecular formula is C19H26FNO2. The third-order valence-electron chi connectivity index (χ3n) is 5.05. The topological polar surface area (TPSA) is 38.3 Å². The summed E-state index contributed by atoms with van der Waals surface area (Å²) in [6, 6.07) is 6.61. The van der Waals surface area contributed by atoms with E-state index in [9.17, 15) is 9.18 Å². The number of nitrogens with one attached hydrogen (secondary N) is 1. The average Bonchev–Trinajstić information content (AvgIpc) is 2.56. The maximum absolute atomic E-state index is 13.2. The van der Waals surface area contributed by atoms with Crippen LogP contribution in [0, 0.1) is 11.7 Å². The second-order valence-electron chi connectivity index (χ2n) is 6.90. The fourth-order valence-corrected chi connectivity index (χ4v) is 3.79. The number of benzene rings is 1. The normalized spacial score (nSPS) is 25.8. The number of ether oxygens (including phenoxy) is 1. The Bertz CT molecular complexity index is 528. The highest BCUT2D eigenvalue weighted by Crippen LogP contribution is 2.29. The van der Waals surface area contributed by atoms with Crippen molar-refractivity contribution in [3.05, 3.63) is 30.1 Å². The van der Waals surface area contributed by atoms with Gasteiger partial charge in [-0.2, -0.15) is 0 Å². The summed E-state index contributed by atoms with van der Waals surface area (Å²) in [6.45, 7) is 0. The van der Waals surface area contributed by atoms with Gasteiger partial charge in [-0.05, 0) is 50.7 Å². The predicted molar refractivity (Wildman–Crippen MR) is 87.8 cm³/mol. The summed E-state index contributed by atoms with van der Waals surface area (Å²) in [6.07, 6.45) is 9.56. The first-order valence-electron chi connectivity index (χ1n) is 8.93. The standard InChI is InChI=1S/C19H26FNO2/c20-15-7-5-11-18(13-15)23-17-10-4-6-14(12-17)19(22)21-16-8-2-1-3-9-16/h5,7,11,13-14,16-17H,1-4,6,8-10,12H2,(H,21,22). The van der Waals surface area contributed by atoms with Gasteiger partial charge in [-0.1, -0.05) is 25.3 Å². The molecule has 23 heavy (non-hydrogen) atoms. The second-order valence-corrected chi connectivity index (χ2v) is 6.90. The van der Waals surface area contributed by atoms with Crippen molar-refractivity contribution in [1.29, 1.82) is 0 Å². The van der Waals surface area contributed by atoms with E-state index < -0.39 is 0 Å². The molecule has 2 unspecified atom stereocenters. The molecule has 126 valence electrons. The summed E-state index contributed by atoms with van der Waals surface area (Å²) in [7, 11) is 0. The maximum atomic E-state index is 13.2. The number of hydrogen-bond acceptors (Lipinski definition) is 2. The smallest absolute Gasteiger partial charge is 0.223 e. The summed E-state index contributed by atoms with van der Waals surface area (Å²) in [5.74, 6) is 0.488. The Balaban J connectivity index is 1.52. The van der Waals surface area contributed by atoms with Gasteiger partial charge in [0.25, 0.3) is 0 Å². The molecule has 0 aromatic heterocycles. The average molecular weight is 319 g/mol. The van der Waals surface area contributed by atoms with Crippen LogP contribution in [0.4, 0.5) is 4.39 Å². The highest BCUT2D eigenvalue weighted by Gasteiger charge is 2.29. The highest BCUT2D eigenvalue weighted by atomic mass is 19.1. The van der Waals surface area contributed by atoms with E-state index in [0.29, 0.717) is 11.8 Å². The Morgan fingerprint density at radius 2 is 1.91 bits per heavy atom. The van der Waals surface area contributed by atoms with Gasteiger partial charge in [0, 0.05) is 18.0 Å². The summed E-state index contributed by atoms with van der Waals surface area (Å²) in [4.78, 5) is 12.5. The van der Waals surface area contributed by atoms with Crippen molar-refractivity contribution in [3.63, 3.8) is 0 Å². The maximum Gasteiger partial charge on any atom is 0.223 e. The van der Waals surface area contributed by atoms with E-state index in [1.54, 1.807) is 12.1 Å². The molecule has 2 saturated carbocycles. The zero-order valence-electron chi connectivity index (χ0n) is 13.6. The van der Waals surface area contributed by atoms with E-state index >= 15 is 0 Å². The van der Waals surface area contributed by atoms with Crippen LogP contribution >= 0.6 is 0 Å². The van der Waals surface area contributed by atoms with Gasteiger partial charge in [0.2, 0.25) is 5.91 Å². The molecule has 0 saturated heterocycles. The molecule has 0 bridgehead atoms. The lowest BCUT2D eigenvalue weighted by atomic mass is 9.85. The molecule has 0 aliphatic heterocycles. The van der Waals surface area contributed by atoms with E-state index in [-0.39, 0.29) is 23.7 Å². The molecule has 0 heterocycles. The number of carbonyl (C=O) groups excluding carboxylic acids is 1. The minimum Gasteiger partial charge on any atom is -0.490 e. The molecule has 2 aliphatic carbocycles. The molecule has 1 aromatic rings. The van der Waals surface area contributed by atoms with E-state index in [0.717, 1.165) is 38.5 Å². The monoisotopic (exact) mass is 319 g/mol. The third-order valence-corrected chi connectivity index (χ3v) is 5.05. The Hall–Kier alpha value is -1.58. The van der Waals surface area contributed by atoms with Gasteiger partial charge in [0.1, 0.15) is 11.6 Å². The predicted octanol–water partition coefficient (Wildman–Crippen LogP) is 4.21. The second kappa shape index (κ2) is 7.80. The lowest BCUT2D eigenvalue weighted by Crippen LogP contribution is -2.42. The van der Waals surface area contributed by atoms with Crippen LogP contribution in [0.5, 0.6) is 5.75 Å². The van der Waals surface area contributed by atoms with Crippen LogP contribution < -0.4 is 10.1 Å². The van der Waals surface area contributed by atoms with Crippen molar-refractivity contribution in [2.24, 2.45) is 5.92 Å². The van der Waals surface area contributed by atoms with E-state index in [2.05, 4.69) is 5.32 Å². The molecule has 0 spiro atoms. The highest BCUT2D eigenvalue weighted by molar-refractivity contribution is 5.79. The number of amides is 1. The molecule has 4 heteroatoms. The van der Waals surface area contributed by atoms with Gasteiger partial charge in [0.05, 0.1) is 6.10 Å². The van der Waals surface area contributed by atoms with Crippen molar-refractivity contribution in [2.45, 2.75) is 69.9 Å². The summed E-state index contributed by atoms with van der Waals surface area (Å²) >= 11 is 0. The Labute approximate surface area is 137 Å². The molecule has 1 aromatic carbocycles. The number of carbonyl (C=O) groups is 1. The molecule has 0 radical (unpaired) electrons. The zero-order chi connectivity index (χ0) is 16.1. The largest absolute Gasteiger partial charge is 0.490 e. The third kappa shape index (κ3) is 4.69.